The summed E-state index contributed by atoms with van der Waals surface area (Å²) >= 11 is 0. The molecule has 1 rings (SSSR count). The lowest BCUT2D eigenvalue weighted by molar-refractivity contribution is 0.0938. The van der Waals surface area contributed by atoms with E-state index >= 15 is 0 Å². The molecule has 1 atom stereocenters. The van der Waals surface area contributed by atoms with Gasteiger partial charge in [0.15, 0.2) is 0 Å². The molecule has 1 heterocycles. The van der Waals surface area contributed by atoms with Crippen LogP contribution < -0.4 is 10.6 Å². The second-order valence-electron chi connectivity index (χ2n) is 4.55. The van der Waals surface area contributed by atoms with Crippen molar-refractivity contribution in [1.82, 2.24) is 10.3 Å². The van der Waals surface area contributed by atoms with Crippen molar-refractivity contribution in [3.63, 3.8) is 0 Å². The summed E-state index contributed by atoms with van der Waals surface area (Å²) in [6, 6.07) is 3.71. The van der Waals surface area contributed by atoms with Gasteiger partial charge in [0, 0.05) is 24.8 Å². The van der Waals surface area contributed by atoms with Gasteiger partial charge in [0.1, 0.15) is 5.82 Å². The Labute approximate surface area is 109 Å². The van der Waals surface area contributed by atoms with Gasteiger partial charge in [-0.25, -0.2) is 4.98 Å². The lowest BCUT2D eigenvalue weighted by Crippen LogP contribution is -2.32. The van der Waals surface area contributed by atoms with Crippen LogP contribution >= 0.6 is 0 Å². The molecule has 1 amide bonds. The lowest BCUT2D eigenvalue weighted by atomic mass is 10.1. The summed E-state index contributed by atoms with van der Waals surface area (Å²) < 4.78 is 0. The highest BCUT2D eigenvalue weighted by molar-refractivity contribution is 5.94. The Morgan fingerprint density at radius 2 is 2.22 bits per heavy atom. The van der Waals surface area contributed by atoms with E-state index in [9.17, 15) is 4.79 Å². The molecule has 0 bridgehead atoms. The average molecular weight is 249 g/mol. The van der Waals surface area contributed by atoms with Crippen LogP contribution in [0.4, 0.5) is 5.82 Å². The number of carbonyl (C=O) groups excluding carboxylic acids is 1. The second-order valence-corrected chi connectivity index (χ2v) is 4.55. The van der Waals surface area contributed by atoms with Crippen LogP contribution in [0.5, 0.6) is 0 Å². The summed E-state index contributed by atoms with van der Waals surface area (Å²) in [6.07, 6.45) is 6.26. The Balaban J connectivity index is 2.48. The summed E-state index contributed by atoms with van der Waals surface area (Å²) in [5, 5.41) is 5.94. The van der Waals surface area contributed by atoms with Gasteiger partial charge in [0.25, 0.3) is 5.91 Å². The fraction of sp³-hybridized carbons (Fsp3) is 0.571. The quantitative estimate of drug-likeness (QED) is 0.731. The molecule has 18 heavy (non-hydrogen) atoms. The van der Waals surface area contributed by atoms with Crippen LogP contribution in [0.15, 0.2) is 18.3 Å². The van der Waals surface area contributed by atoms with Gasteiger partial charge >= 0.3 is 0 Å². The first-order valence-electron chi connectivity index (χ1n) is 6.62. The molecule has 0 aromatic carbocycles. The molecule has 0 saturated heterocycles. The number of amides is 1. The zero-order valence-corrected chi connectivity index (χ0v) is 11.5. The SMILES string of the molecule is CCCCCC(C)NC(=O)c1ccnc(NC)c1. The van der Waals surface area contributed by atoms with Crippen molar-refractivity contribution < 1.29 is 4.79 Å². The zero-order chi connectivity index (χ0) is 13.4. The molecule has 4 nitrogen and oxygen atoms in total. The van der Waals surface area contributed by atoms with Crippen LogP contribution in [0.2, 0.25) is 0 Å². The predicted molar refractivity (Wildman–Crippen MR) is 74.9 cm³/mol. The van der Waals surface area contributed by atoms with E-state index in [0.717, 1.165) is 12.8 Å². The number of carbonyl (C=O) groups is 1. The number of nitrogens with zero attached hydrogens (tertiary/aromatic N) is 1. The first kappa shape index (κ1) is 14.5. The first-order valence-corrected chi connectivity index (χ1v) is 6.62. The minimum absolute atomic E-state index is 0.0297. The van der Waals surface area contributed by atoms with Crippen LogP contribution in [-0.4, -0.2) is 24.0 Å². The van der Waals surface area contributed by atoms with E-state index in [-0.39, 0.29) is 11.9 Å². The number of anilines is 1. The Morgan fingerprint density at radius 3 is 2.89 bits per heavy atom. The Morgan fingerprint density at radius 1 is 1.44 bits per heavy atom. The third kappa shape index (κ3) is 4.73. The van der Waals surface area contributed by atoms with Gasteiger partial charge in [-0.3, -0.25) is 4.79 Å². The van der Waals surface area contributed by atoms with Gasteiger partial charge in [-0.15, -0.1) is 0 Å². The molecule has 0 fully saturated rings. The number of rotatable bonds is 7. The maximum Gasteiger partial charge on any atom is 0.251 e. The highest BCUT2D eigenvalue weighted by Gasteiger charge is 2.10. The first-order chi connectivity index (χ1) is 8.67. The summed E-state index contributed by atoms with van der Waals surface area (Å²) in [5.74, 6) is 0.680. The molecule has 4 heteroatoms. The summed E-state index contributed by atoms with van der Waals surface area (Å²) in [7, 11) is 1.79. The van der Waals surface area contributed by atoms with Crippen molar-refractivity contribution in [3.8, 4) is 0 Å². The van der Waals surface area contributed by atoms with Crippen molar-refractivity contribution in [1.29, 1.82) is 0 Å². The van der Waals surface area contributed by atoms with Crippen LogP contribution in [-0.2, 0) is 0 Å². The average Bonchev–Trinajstić information content (AvgIpc) is 2.39. The normalized spacial score (nSPS) is 11.9. The molecule has 0 saturated carbocycles. The fourth-order valence-electron chi connectivity index (χ4n) is 1.79. The highest BCUT2D eigenvalue weighted by Crippen LogP contribution is 2.08. The zero-order valence-electron chi connectivity index (χ0n) is 11.5. The predicted octanol–water partition coefficient (Wildman–Crippen LogP) is 2.82. The van der Waals surface area contributed by atoms with E-state index in [4.69, 9.17) is 0 Å². The van der Waals surface area contributed by atoms with Crippen molar-refractivity contribution in [3.05, 3.63) is 23.9 Å². The number of nitrogens with one attached hydrogen (secondary N) is 2. The molecule has 1 aromatic rings. The lowest BCUT2D eigenvalue weighted by Gasteiger charge is -2.13. The van der Waals surface area contributed by atoms with Gasteiger partial charge in [-0.2, -0.15) is 0 Å². The molecular formula is C14H23N3O. The smallest absolute Gasteiger partial charge is 0.251 e. The van der Waals surface area contributed by atoms with Crippen molar-refractivity contribution in [2.75, 3.05) is 12.4 Å². The van der Waals surface area contributed by atoms with Crippen molar-refractivity contribution in [2.24, 2.45) is 0 Å². The van der Waals surface area contributed by atoms with Crippen LogP contribution in [0, 0.1) is 0 Å². The number of hydrogen-bond donors (Lipinski definition) is 2. The molecule has 100 valence electrons. The number of pyridine rings is 1. The molecule has 1 unspecified atom stereocenters. The van der Waals surface area contributed by atoms with E-state index in [1.54, 1.807) is 25.4 Å². The summed E-state index contributed by atoms with van der Waals surface area (Å²) in [6.45, 7) is 4.23. The maximum absolute atomic E-state index is 12.0. The largest absolute Gasteiger partial charge is 0.373 e. The number of aromatic nitrogens is 1. The van der Waals surface area contributed by atoms with E-state index in [1.807, 2.05) is 6.92 Å². The molecule has 1 aromatic heterocycles. The highest BCUT2D eigenvalue weighted by atomic mass is 16.1. The Bertz CT molecular complexity index is 379. The van der Waals surface area contributed by atoms with Gasteiger partial charge in [0.2, 0.25) is 0 Å². The topological polar surface area (TPSA) is 54.0 Å². The summed E-state index contributed by atoms with van der Waals surface area (Å²) in [4.78, 5) is 16.1. The Hall–Kier alpha value is -1.58. The van der Waals surface area contributed by atoms with Crippen molar-refractivity contribution >= 4 is 11.7 Å². The third-order valence-electron chi connectivity index (χ3n) is 2.90. The van der Waals surface area contributed by atoms with Gasteiger partial charge in [0.05, 0.1) is 0 Å². The molecule has 0 aliphatic rings. The molecule has 2 N–H and O–H groups in total. The Kier molecular flexibility index (Phi) is 6.19. The third-order valence-corrected chi connectivity index (χ3v) is 2.90. The number of unbranched alkanes of at least 4 members (excludes halogenated alkanes) is 2. The van der Waals surface area contributed by atoms with Crippen LogP contribution in [0.3, 0.4) is 0 Å². The van der Waals surface area contributed by atoms with E-state index in [0.29, 0.717) is 11.4 Å². The fourth-order valence-corrected chi connectivity index (χ4v) is 1.79. The van der Waals surface area contributed by atoms with E-state index in [2.05, 4.69) is 22.5 Å². The summed E-state index contributed by atoms with van der Waals surface area (Å²) in [5.41, 5.74) is 0.650. The van der Waals surface area contributed by atoms with E-state index < -0.39 is 0 Å². The minimum atomic E-state index is -0.0297. The number of hydrogen-bond acceptors (Lipinski definition) is 3. The van der Waals surface area contributed by atoms with Crippen LogP contribution in [0.1, 0.15) is 49.9 Å². The maximum atomic E-state index is 12.0. The molecule has 0 aliphatic carbocycles. The van der Waals surface area contributed by atoms with E-state index in [1.165, 1.54) is 12.8 Å². The molecule has 0 radical (unpaired) electrons. The van der Waals surface area contributed by atoms with Crippen LogP contribution in [0.25, 0.3) is 0 Å². The van der Waals surface area contributed by atoms with Crippen molar-refractivity contribution in [2.45, 2.75) is 45.6 Å². The molecule has 0 spiro atoms. The van der Waals surface area contributed by atoms with Gasteiger partial charge in [-0.1, -0.05) is 26.2 Å². The minimum Gasteiger partial charge on any atom is -0.373 e. The molecular weight excluding hydrogens is 226 g/mol. The standard InChI is InChI=1S/C14H23N3O/c1-4-5-6-7-11(2)17-14(18)12-8-9-16-13(10-12)15-3/h8-11H,4-7H2,1-3H3,(H,15,16)(H,17,18). The monoisotopic (exact) mass is 249 g/mol. The molecule has 0 aliphatic heterocycles. The second kappa shape index (κ2) is 7.69. The van der Waals surface area contributed by atoms with Gasteiger partial charge < -0.3 is 10.6 Å². The van der Waals surface area contributed by atoms with Gasteiger partial charge in [-0.05, 0) is 25.5 Å².